The van der Waals surface area contributed by atoms with E-state index in [1.54, 1.807) is 23.9 Å². The highest BCUT2D eigenvalue weighted by Gasteiger charge is 2.41. The summed E-state index contributed by atoms with van der Waals surface area (Å²) in [7, 11) is 3.61. The molecule has 3 rings (SSSR count). The number of ketones is 1. The fourth-order valence-electron chi connectivity index (χ4n) is 3.02. The van der Waals surface area contributed by atoms with E-state index in [2.05, 4.69) is 0 Å². The van der Waals surface area contributed by atoms with Gasteiger partial charge in [-0.25, -0.2) is 0 Å². The van der Waals surface area contributed by atoms with Crippen molar-refractivity contribution in [1.82, 2.24) is 0 Å². The van der Waals surface area contributed by atoms with E-state index in [-0.39, 0.29) is 17.5 Å². The number of esters is 1. The maximum Gasteiger partial charge on any atom is 0.309 e. The molecule has 0 spiro atoms. The third-order valence-corrected chi connectivity index (χ3v) is 4.61. The van der Waals surface area contributed by atoms with Crippen LogP contribution < -0.4 is 9.80 Å². The average Bonchev–Trinajstić information content (AvgIpc) is 3.27. The Morgan fingerprint density at radius 3 is 2.25 bits per heavy atom. The Balaban J connectivity index is 1.80. The molecular weight excluding hydrogens is 306 g/mol. The van der Waals surface area contributed by atoms with Crippen molar-refractivity contribution in [3.63, 3.8) is 0 Å². The van der Waals surface area contributed by atoms with Crippen LogP contribution in [0.25, 0.3) is 0 Å². The maximum atomic E-state index is 12.4. The molecule has 1 aromatic rings. The quantitative estimate of drug-likeness (QED) is 0.479. The Hall–Kier alpha value is -2.81. The van der Waals surface area contributed by atoms with Gasteiger partial charge in [0, 0.05) is 14.1 Å². The minimum atomic E-state index is -0.486. The van der Waals surface area contributed by atoms with E-state index >= 15 is 0 Å². The summed E-state index contributed by atoms with van der Waals surface area (Å²) in [5.74, 6) is -0.116. The first-order valence-electron chi connectivity index (χ1n) is 7.86. The molecule has 2 aliphatic rings. The Morgan fingerprint density at radius 1 is 1.25 bits per heavy atom. The molecule has 0 saturated heterocycles. The summed E-state index contributed by atoms with van der Waals surface area (Å²) in [6.07, 6.45) is 0.806. The molecule has 0 radical (unpaired) electrons. The molecular formula is C18H19N3O3. The number of nitriles is 1. The molecule has 1 aliphatic heterocycles. The van der Waals surface area contributed by atoms with Crippen LogP contribution in [-0.2, 0) is 14.3 Å². The number of anilines is 2. The normalized spacial score (nSPS) is 21.2. The molecule has 124 valence electrons. The number of hydrogen-bond acceptors (Lipinski definition) is 6. The van der Waals surface area contributed by atoms with E-state index in [4.69, 9.17) is 4.74 Å². The molecule has 6 heteroatoms. The van der Waals surface area contributed by atoms with Crippen LogP contribution in [0.5, 0.6) is 0 Å². The number of Topliss-reactive ketones (excluding diaryl/α,β-unsaturated/α-hetero) is 1. The number of ether oxygens (including phenoxy) is 1. The molecule has 1 saturated carbocycles. The van der Waals surface area contributed by atoms with Gasteiger partial charge in [-0.2, -0.15) is 5.26 Å². The van der Waals surface area contributed by atoms with Gasteiger partial charge < -0.3 is 14.5 Å². The molecule has 24 heavy (non-hydrogen) atoms. The van der Waals surface area contributed by atoms with Crippen LogP contribution >= 0.6 is 0 Å². The number of rotatable bonds is 4. The van der Waals surface area contributed by atoms with E-state index in [9.17, 15) is 14.9 Å². The van der Waals surface area contributed by atoms with Crippen LogP contribution in [0.4, 0.5) is 11.4 Å². The minimum absolute atomic E-state index is 0.00662. The van der Waals surface area contributed by atoms with Crippen LogP contribution in [0, 0.1) is 23.2 Å². The van der Waals surface area contributed by atoms with Gasteiger partial charge >= 0.3 is 5.97 Å². The number of carbonyl (C=O) groups excluding carboxylic acids is 2. The Morgan fingerprint density at radius 2 is 1.79 bits per heavy atom. The van der Waals surface area contributed by atoms with E-state index in [1.165, 1.54) is 0 Å². The van der Waals surface area contributed by atoms with Crippen LogP contribution in [-0.4, -0.2) is 32.5 Å². The molecule has 1 aromatic carbocycles. The highest BCUT2D eigenvalue weighted by atomic mass is 16.5. The van der Waals surface area contributed by atoms with Gasteiger partial charge in [0.2, 0.25) is 5.78 Å². The average molecular weight is 325 g/mol. The van der Waals surface area contributed by atoms with Crippen molar-refractivity contribution in [2.45, 2.75) is 13.3 Å². The molecule has 0 aromatic heterocycles. The zero-order valence-corrected chi connectivity index (χ0v) is 13.9. The molecule has 0 amide bonds. The smallest absolute Gasteiger partial charge is 0.309 e. The van der Waals surface area contributed by atoms with Gasteiger partial charge in [0.15, 0.2) is 6.61 Å². The van der Waals surface area contributed by atoms with Crippen LogP contribution in [0.1, 0.15) is 13.3 Å². The lowest BCUT2D eigenvalue weighted by Gasteiger charge is -2.19. The topological polar surface area (TPSA) is 73.6 Å². The standard InChI is InChI=1S/C18H19N3O3/c1-11-8-12(11)18(23)24-10-16(22)13(9-19)17-20(2)14-6-4-5-7-15(14)21(17)3/h4-7,11-12H,8,10H2,1-3H3/t11-,12+/m1/s1. The zero-order chi connectivity index (χ0) is 17.4. The summed E-state index contributed by atoms with van der Waals surface area (Å²) < 4.78 is 5.08. The van der Waals surface area contributed by atoms with Gasteiger partial charge in [0.25, 0.3) is 0 Å². The molecule has 1 fully saturated rings. The SMILES string of the molecule is C[C@@H]1C[C@@H]1C(=O)OCC(=O)C(C#N)=C1N(C)c2ccccc2N1C. The van der Waals surface area contributed by atoms with Crippen LogP contribution in [0.2, 0.25) is 0 Å². The van der Waals surface area contributed by atoms with Crippen molar-refractivity contribution in [3.8, 4) is 6.07 Å². The minimum Gasteiger partial charge on any atom is -0.457 e. The predicted octanol–water partition coefficient (Wildman–Crippen LogP) is 2.08. The van der Waals surface area contributed by atoms with Crippen molar-refractivity contribution in [2.24, 2.45) is 11.8 Å². The third-order valence-electron chi connectivity index (χ3n) is 4.61. The second-order valence-corrected chi connectivity index (χ2v) is 6.27. The molecule has 1 heterocycles. The van der Waals surface area contributed by atoms with E-state index < -0.39 is 12.4 Å². The van der Waals surface area contributed by atoms with E-state index in [0.29, 0.717) is 11.7 Å². The summed E-state index contributed by atoms with van der Waals surface area (Å²) in [4.78, 5) is 27.8. The molecule has 6 nitrogen and oxygen atoms in total. The zero-order valence-electron chi connectivity index (χ0n) is 13.9. The summed E-state index contributed by atoms with van der Waals surface area (Å²) in [6.45, 7) is 1.57. The van der Waals surface area contributed by atoms with Gasteiger partial charge in [0.1, 0.15) is 17.5 Å². The number of nitrogens with zero attached hydrogens (tertiary/aromatic N) is 3. The molecule has 0 unspecified atom stereocenters. The molecule has 0 N–H and O–H groups in total. The monoisotopic (exact) mass is 325 g/mol. The molecule has 0 bridgehead atoms. The van der Waals surface area contributed by atoms with Crippen molar-refractivity contribution < 1.29 is 14.3 Å². The fraction of sp³-hybridized carbons (Fsp3) is 0.389. The van der Waals surface area contributed by atoms with Gasteiger partial charge in [-0.15, -0.1) is 0 Å². The van der Waals surface area contributed by atoms with Crippen molar-refractivity contribution in [2.75, 3.05) is 30.5 Å². The van der Waals surface area contributed by atoms with Gasteiger partial charge in [-0.1, -0.05) is 19.1 Å². The number of benzene rings is 1. The van der Waals surface area contributed by atoms with Crippen LogP contribution in [0.15, 0.2) is 35.7 Å². The summed E-state index contributed by atoms with van der Waals surface area (Å²) in [5.41, 5.74) is 1.83. The first kappa shape index (κ1) is 16.1. The highest BCUT2D eigenvalue weighted by Crippen LogP contribution is 2.40. The van der Waals surface area contributed by atoms with Crippen molar-refractivity contribution in [3.05, 3.63) is 35.7 Å². The van der Waals surface area contributed by atoms with Crippen molar-refractivity contribution in [1.29, 1.82) is 5.26 Å². The summed E-state index contributed by atoms with van der Waals surface area (Å²) >= 11 is 0. The second-order valence-electron chi connectivity index (χ2n) is 6.27. The lowest BCUT2D eigenvalue weighted by Crippen LogP contribution is -2.28. The van der Waals surface area contributed by atoms with E-state index in [1.807, 2.05) is 37.3 Å². The van der Waals surface area contributed by atoms with Gasteiger partial charge in [-0.3, -0.25) is 9.59 Å². The fourth-order valence-corrected chi connectivity index (χ4v) is 3.02. The van der Waals surface area contributed by atoms with Crippen molar-refractivity contribution >= 4 is 23.1 Å². The third kappa shape index (κ3) is 2.62. The van der Waals surface area contributed by atoms with Crippen LogP contribution in [0.3, 0.4) is 0 Å². The lowest BCUT2D eigenvalue weighted by molar-refractivity contribution is -0.148. The number of fused-ring (bicyclic) bond motifs is 1. The first-order valence-corrected chi connectivity index (χ1v) is 7.86. The van der Waals surface area contributed by atoms with Gasteiger partial charge in [0.05, 0.1) is 17.3 Å². The Kier molecular flexibility index (Phi) is 4.02. The van der Waals surface area contributed by atoms with E-state index in [0.717, 1.165) is 17.8 Å². The van der Waals surface area contributed by atoms with Gasteiger partial charge in [-0.05, 0) is 24.5 Å². The second kappa shape index (κ2) is 6.00. The molecule has 1 aliphatic carbocycles. The highest BCUT2D eigenvalue weighted by molar-refractivity contribution is 6.04. The first-order chi connectivity index (χ1) is 11.5. The number of hydrogen-bond donors (Lipinski definition) is 0. The summed E-state index contributed by atoms with van der Waals surface area (Å²) in [6, 6.07) is 9.62. The largest absolute Gasteiger partial charge is 0.457 e. The number of para-hydroxylation sites is 2. The maximum absolute atomic E-state index is 12.4. The Labute approximate surface area is 140 Å². The number of carbonyl (C=O) groups is 2. The lowest BCUT2D eigenvalue weighted by atomic mass is 10.2. The molecule has 2 atom stereocenters. The Bertz CT molecular complexity index is 747. The summed E-state index contributed by atoms with van der Waals surface area (Å²) in [5, 5.41) is 9.48. The predicted molar refractivity (Wildman–Crippen MR) is 89.1 cm³/mol.